The Hall–Kier alpha value is -1.13. The predicted molar refractivity (Wildman–Crippen MR) is 28.9 cm³/mol. The van der Waals surface area contributed by atoms with E-state index in [-0.39, 0.29) is 0 Å². The maximum Gasteiger partial charge on any atom is 0.416 e. The quantitative estimate of drug-likeness (QED) is 0.649. The molecule has 0 radical (unpaired) electrons. The Bertz CT molecular complexity index is 270. The van der Waals surface area contributed by atoms with E-state index in [1.54, 1.807) is 0 Å². The van der Waals surface area contributed by atoms with Crippen molar-refractivity contribution in [2.75, 3.05) is 0 Å². The smallest absolute Gasteiger partial charge is 0.407 e. The molecule has 1 aromatic rings. The third-order valence-corrected chi connectivity index (χ3v) is 0.956. The lowest BCUT2D eigenvalue weighted by Crippen LogP contribution is -2.05. The molecule has 0 saturated carbocycles. The Morgan fingerprint density at radius 3 is 2.50 bits per heavy atom. The number of hydrogen-bond acceptors (Lipinski definition) is 2. The summed E-state index contributed by atoms with van der Waals surface area (Å²) in [6, 6.07) is 0. The zero-order valence-corrected chi connectivity index (χ0v) is 5.15. The molecule has 0 aliphatic rings. The highest BCUT2D eigenvalue weighted by molar-refractivity contribution is 4.96. The average Bonchev–Trinajstić information content (AvgIpc) is 2.11. The van der Waals surface area contributed by atoms with Gasteiger partial charge in [-0.3, -0.25) is 4.98 Å². The first kappa shape index (κ1) is 6.98. The number of rotatable bonds is 1. The Kier molecular flexibility index (Phi) is 1.35. The monoisotopic (exact) mass is 149 g/mol. The standard InChI is InChI=1S/C5H5F2NO2/c1-5(6,7)3-2-8-4(9)10-3/h2H,1H3,(H,8,9). The van der Waals surface area contributed by atoms with Crippen molar-refractivity contribution in [2.24, 2.45) is 0 Å². The van der Waals surface area contributed by atoms with Crippen molar-refractivity contribution in [3.05, 3.63) is 22.5 Å². The van der Waals surface area contributed by atoms with E-state index in [9.17, 15) is 13.6 Å². The SMILES string of the molecule is CC(F)(F)c1c[nH]c(=O)o1. The first-order chi connectivity index (χ1) is 4.50. The van der Waals surface area contributed by atoms with Crippen LogP contribution in [-0.2, 0) is 5.92 Å². The minimum absolute atomic E-state index is 0.641. The van der Waals surface area contributed by atoms with Crippen LogP contribution in [0.5, 0.6) is 0 Å². The minimum Gasteiger partial charge on any atom is -0.407 e. The Balaban J connectivity index is 3.07. The summed E-state index contributed by atoms with van der Waals surface area (Å²) in [7, 11) is 0. The van der Waals surface area contributed by atoms with Crippen molar-refractivity contribution in [1.29, 1.82) is 0 Å². The number of halogens is 2. The minimum atomic E-state index is -3.08. The van der Waals surface area contributed by atoms with Gasteiger partial charge in [0.05, 0.1) is 6.20 Å². The molecule has 56 valence electrons. The van der Waals surface area contributed by atoms with Crippen molar-refractivity contribution in [2.45, 2.75) is 12.8 Å². The lowest BCUT2D eigenvalue weighted by atomic mass is 10.3. The van der Waals surface area contributed by atoms with Gasteiger partial charge in [-0.15, -0.1) is 0 Å². The molecule has 0 spiro atoms. The van der Waals surface area contributed by atoms with Gasteiger partial charge in [-0.1, -0.05) is 0 Å². The highest BCUT2D eigenvalue weighted by Gasteiger charge is 2.28. The number of nitrogens with one attached hydrogen (secondary N) is 1. The van der Waals surface area contributed by atoms with E-state index in [0.29, 0.717) is 6.92 Å². The van der Waals surface area contributed by atoms with Crippen LogP contribution in [0.25, 0.3) is 0 Å². The fourth-order valence-electron chi connectivity index (χ4n) is 0.500. The summed E-state index contributed by atoms with van der Waals surface area (Å²) in [5.74, 6) is -4.59. The van der Waals surface area contributed by atoms with E-state index in [4.69, 9.17) is 0 Å². The van der Waals surface area contributed by atoms with Crippen LogP contribution >= 0.6 is 0 Å². The fraction of sp³-hybridized carbons (Fsp3) is 0.400. The summed E-state index contributed by atoms with van der Waals surface area (Å²) >= 11 is 0. The van der Waals surface area contributed by atoms with Crippen molar-refractivity contribution in [1.82, 2.24) is 4.98 Å². The van der Waals surface area contributed by atoms with Gasteiger partial charge in [-0.25, -0.2) is 4.79 Å². The molecule has 0 saturated heterocycles. The zero-order valence-electron chi connectivity index (χ0n) is 5.15. The molecular weight excluding hydrogens is 144 g/mol. The zero-order chi connectivity index (χ0) is 7.78. The molecule has 3 nitrogen and oxygen atoms in total. The summed E-state index contributed by atoms with van der Waals surface area (Å²) < 4.78 is 28.5. The van der Waals surface area contributed by atoms with Gasteiger partial charge in [0.25, 0.3) is 0 Å². The van der Waals surface area contributed by atoms with Crippen LogP contribution in [0.4, 0.5) is 8.78 Å². The van der Waals surface area contributed by atoms with Gasteiger partial charge in [0.1, 0.15) is 0 Å². The van der Waals surface area contributed by atoms with E-state index >= 15 is 0 Å². The van der Waals surface area contributed by atoms with Crippen LogP contribution in [0.3, 0.4) is 0 Å². The van der Waals surface area contributed by atoms with E-state index in [2.05, 4.69) is 4.42 Å². The molecule has 1 heterocycles. The molecule has 10 heavy (non-hydrogen) atoms. The van der Waals surface area contributed by atoms with E-state index in [1.165, 1.54) is 0 Å². The Morgan fingerprint density at radius 1 is 1.70 bits per heavy atom. The van der Waals surface area contributed by atoms with Crippen molar-refractivity contribution >= 4 is 0 Å². The lowest BCUT2D eigenvalue weighted by Gasteiger charge is -2.02. The second kappa shape index (κ2) is 1.93. The first-order valence-electron chi connectivity index (χ1n) is 2.57. The molecule has 0 aliphatic carbocycles. The lowest BCUT2D eigenvalue weighted by molar-refractivity contribution is -0.00637. The molecule has 0 aromatic carbocycles. The van der Waals surface area contributed by atoms with Gasteiger partial charge in [0, 0.05) is 6.92 Å². The Labute approximate surface area is 54.7 Å². The summed E-state index contributed by atoms with van der Waals surface area (Å²) in [5, 5.41) is 0. The van der Waals surface area contributed by atoms with Crippen LogP contribution in [0.2, 0.25) is 0 Å². The number of hydrogen-bond donors (Lipinski definition) is 1. The van der Waals surface area contributed by atoms with Crippen LogP contribution in [0.15, 0.2) is 15.4 Å². The summed E-state index contributed by atoms with van der Waals surface area (Å²) in [6.07, 6.45) is 0.850. The summed E-state index contributed by atoms with van der Waals surface area (Å²) in [4.78, 5) is 12.2. The summed E-state index contributed by atoms with van der Waals surface area (Å²) in [5.41, 5.74) is 0. The molecule has 0 fully saturated rings. The van der Waals surface area contributed by atoms with Gasteiger partial charge < -0.3 is 4.42 Å². The molecule has 0 bridgehead atoms. The largest absolute Gasteiger partial charge is 0.416 e. The third-order valence-electron chi connectivity index (χ3n) is 0.956. The molecule has 1 aromatic heterocycles. The van der Waals surface area contributed by atoms with Gasteiger partial charge in [-0.05, 0) is 0 Å². The maximum absolute atomic E-state index is 12.2. The molecule has 1 rings (SSSR count). The second-order valence-corrected chi connectivity index (χ2v) is 1.93. The number of aromatic nitrogens is 1. The Morgan fingerprint density at radius 2 is 2.30 bits per heavy atom. The van der Waals surface area contributed by atoms with Crippen LogP contribution < -0.4 is 5.76 Å². The topological polar surface area (TPSA) is 46.0 Å². The van der Waals surface area contributed by atoms with Crippen LogP contribution in [0, 0.1) is 0 Å². The fourth-order valence-corrected chi connectivity index (χ4v) is 0.500. The second-order valence-electron chi connectivity index (χ2n) is 1.93. The van der Waals surface area contributed by atoms with E-state index < -0.39 is 17.4 Å². The highest BCUT2D eigenvalue weighted by atomic mass is 19.3. The van der Waals surface area contributed by atoms with Gasteiger partial charge >= 0.3 is 11.7 Å². The molecule has 0 unspecified atom stereocenters. The van der Waals surface area contributed by atoms with Crippen LogP contribution in [-0.4, -0.2) is 4.98 Å². The molecule has 0 aliphatic heterocycles. The van der Waals surface area contributed by atoms with Crippen molar-refractivity contribution < 1.29 is 13.2 Å². The summed E-state index contributed by atoms with van der Waals surface area (Å²) in [6.45, 7) is 0.652. The maximum atomic E-state index is 12.2. The molecular formula is C5H5F2NO2. The van der Waals surface area contributed by atoms with Gasteiger partial charge in [0.2, 0.25) is 0 Å². The third kappa shape index (κ3) is 1.23. The molecule has 0 atom stereocenters. The van der Waals surface area contributed by atoms with Crippen molar-refractivity contribution in [3.8, 4) is 0 Å². The van der Waals surface area contributed by atoms with Gasteiger partial charge in [0.15, 0.2) is 5.76 Å². The van der Waals surface area contributed by atoms with Crippen molar-refractivity contribution in [3.63, 3.8) is 0 Å². The number of oxazole rings is 1. The van der Waals surface area contributed by atoms with E-state index in [1.807, 2.05) is 4.98 Å². The number of alkyl halides is 2. The first-order valence-corrected chi connectivity index (χ1v) is 2.57. The highest BCUT2D eigenvalue weighted by Crippen LogP contribution is 2.24. The van der Waals surface area contributed by atoms with Crippen LogP contribution in [0.1, 0.15) is 12.7 Å². The number of H-pyrrole nitrogens is 1. The van der Waals surface area contributed by atoms with Gasteiger partial charge in [-0.2, -0.15) is 8.78 Å². The molecule has 5 heteroatoms. The number of aromatic amines is 1. The normalized spacial score (nSPS) is 11.9. The molecule has 0 amide bonds. The predicted octanol–water partition coefficient (Wildman–Crippen LogP) is 1.08. The van der Waals surface area contributed by atoms with E-state index in [0.717, 1.165) is 6.20 Å². The molecule has 1 N–H and O–H groups in total. The average molecular weight is 149 g/mol.